The van der Waals surface area contributed by atoms with Gasteiger partial charge < -0.3 is 19.3 Å². The van der Waals surface area contributed by atoms with Crippen LogP contribution in [0.1, 0.15) is 71.0 Å². The van der Waals surface area contributed by atoms with Crippen molar-refractivity contribution >= 4 is 5.57 Å². The number of ether oxygens (including phenoxy) is 3. The number of benzene rings is 2. The Balaban J connectivity index is 1.69. The van der Waals surface area contributed by atoms with Gasteiger partial charge in [0.2, 0.25) is 0 Å². The summed E-state index contributed by atoms with van der Waals surface area (Å²) >= 11 is 0. The second-order valence-corrected chi connectivity index (χ2v) is 9.26. The molecule has 190 valence electrons. The van der Waals surface area contributed by atoms with E-state index in [2.05, 4.69) is 11.1 Å². The highest BCUT2D eigenvalue weighted by molar-refractivity contribution is 5.68. The van der Waals surface area contributed by atoms with E-state index in [4.69, 9.17) is 14.2 Å². The highest BCUT2D eigenvalue weighted by atomic mass is 19.1. The van der Waals surface area contributed by atoms with Crippen LogP contribution in [-0.2, 0) is 11.3 Å². The van der Waals surface area contributed by atoms with E-state index in [0.29, 0.717) is 23.6 Å². The fourth-order valence-electron chi connectivity index (χ4n) is 4.70. The molecule has 0 saturated carbocycles. The minimum Gasteiger partial charge on any atom is -0.489 e. The Morgan fingerprint density at radius 3 is 2.47 bits per heavy atom. The van der Waals surface area contributed by atoms with E-state index in [1.165, 1.54) is 13.2 Å². The normalized spacial score (nSPS) is 14.3. The zero-order valence-electron chi connectivity index (χ0n) is 21.4. The number of aromatic nitrogens is 1. The molecule has 4 rings (SSSR count). The van der Waals surface area contributed by atoms with Gasteiger partial charge in [0.15, 0.2) is 18.4 Å². The van der Waals surface area contributed by atoms with E-state index in [9.17, 15) is 5.11 Å². The van der Waals surface area contributed by atoms with E-state index >= 15 is 4.39 Å². The number of aliphatic hydroxyl groups is 1. The molecule has 0 spiro atoms. The summed E-state index contributed by atoms with van der Waals surface area (Å²) in [6, 6.07) is 13.2. The molecule has 1 unspecified atom stereocenters. The molecule has 3 aromatic rings. The first-order valence-corrected chi connectivity index (χ1v) is 12.4. The van der Waals surface area contributed by atoms with Gasteiger partial charge in [0.1, 0.15) is 29.8 Å². The number of pyridine rings is 1. The molecule has 1 aromatic heterocycles. The van der Waals surface area contributed by atoms with Crippen molar-refractivity contribution in [1.29, 1.82) is 0 Å². The second-order valence-electron chi connectivity index (χ2n) is 9.26. The van der Waals surface area contributed by atoms with Gasteiger partial charge in [-0.15, -0.1) is 0 Å². The minimum absolute atomic E-state index is 0.00878. The third-order valence-electron chi connectivity index (χ3n) is 6.77. The number of hydrogen-bond acceptors (Lipinski definition) is 5. The lowest BCUT2D eigenvalue weighted by Gasteiger charge is -2.23. The molecule has 0 saturated heterocycles. The molecule has 0 aliphatic heterocycles. The number of hydrogen-bond donors (Lipinski definition) is 1. The minimum atomic E-state index is -1.23. The smallest absolute Gasteiger partial charge is 0.188 e. The summed E-state index contributed by atoms with van der Waals surface area (Å²) in [5.74, 6) is 0.456. The summed E-state index contributed by atoms with van der Waals surface area (Å²) in [6.07, 6.45) is 4.82. The monoisotopic (exact) mass is 491 g/mol. The molecule has 36 heavy (non-hydrogen) atoms. The van der Waals surface area contributed by atoms with Crippen molar-refractivity contribution in [3.63, 3.8) is 0 Å². The Hall–Kier alpha value is -3.22. The maximum atomic E-state index is 15.3. The van der Waals surface area contributed by atoms with Gasteiger partial charge in [-0.3, -0.25) is 0 Å². The average molecular weight is 492 g/mol. The van der Waals surface area contributed by atoms with E-state index < -0.39 is 11.9 Å². The molecule has 5 nitrogen and oxygen atoms in total. The van der Waals surface area contributed by atoms with Crippen LogP contribution >= 0.6 is 0 Å². The molecule has 1 heterocycles. The van der Waals surface area contributed by atoms with Gasteiger partial charge in [-0.25, -0.2) is 9.37 Å². The van der Waals surface area contributed by atoms with Crippen molar-refractivity contribution in [2.45, 2.75) is 59.2 Å². The summed E-state index contributed by atoms with van der Waals surface area (Å²) < 4.78 is 32.1. The first-order chi connectivity index (χ1) is 17.4. The molecule has 1 atom stereocenters. The summed E-state index contributed by atoms with van der Waals surface area (Å²) in [6.45, 7) is 6.22. The van der Waals surface area contributed by atoms with Crippen LogP contribution in [0.5, 0.6) is 11.5 Å². The van der Waals surface area contributed by atoms with Crippen LogP contribution in [0.15, 0.2) is 48.5 Å². The maximum absolute atomic E-state index is 15.3. The van der Waals surface area contributed by atoms with E-state index in [-0.39, 0.29) is 12.5 Å². The maximum Gasteiger partial charge on any atom is 0.188 e. The summed E-state index contributed by atoms with van der Waals surface area (Å²) in [4.78, 5) is 4.63. The van der Waals surface area contributed by atoms with Crippen molar-refractivity contribution in [2.75, 3.05) is 13.9 Å². The molecular formula is C30H34FNO4. The number of aryl methyl sites for hydroxylation is 1. The van der Waals surface area contributed by atoms with E-state index in [0.717, 1.165) is 59.3 Å². The third-order valence-corrected chi connectivity index (χ3v) is 6.77. The lowest BCUT2D eigenvalue weighted by atomic mass is 9.91. The van der Waals surface area contributed by atoms with Gasteiger partial charge in [0.05, 0.1) is 0 Å². The molecule has 0 bridgehead atoms. The van der Waals surface area contributed by atoms with Gasteiger partial charge in [0, 0.05) is 13.2 Å². The molecule has 1 aliphatic rings. The molecule has 2 aromatic carbocycles. The third kappa shape index (κ3) is 5.61. The lowest BCUT2D eigenvalue weighted by molar-refractivity contribution is 0.0502. The van der Waals surface area contributed by atoms with Crippen LogP contribution in [0.4, 0.5) is 4.39 Å². The first-order valence-electron chi connectivity index (χ1n) is 12.4. The number of rotatable bonds is 9. The van der Waals surface area contributed by atoms with Crippen molar-refractivity contribution in [3.8, 4) is 11.5 Å². The number of allylic oxidation sites excluding steroid dienone is 2. The van der Waals surface area contributed by atoms with Crippen LogP contribution < -0.4 is 9.47 Å². The second kappa shape index (κ2) is 11.7. The zero-order valence-corrected chi connectivity index (χ0v) is 21.4. The van der Waals surface area contributed by atoms with E-state index in [1.54, 1.807) is 0 Å². The fourth-order valence-corrected chi connectivity index (χ4v) is 4.70. The standard InChI is InChI=1S/C30H34FNO4/c1-19-15-25(35-17-22-11-7-5-8-12-22)20(2)21(3)27(19)30(33)29-24(31)16-26(36-18-34-4)28(32-29)23-13-9-6-10-14-23/h5,7-8,11-13,15-16,30,33H,6,9-10,14,17-18H2,1-4H3. The Bertz CT molecular complexity index is 1240. The van der Waals surface area contributed by atoms with Gasteiger partial charge in [0.25, 0.3) is 0 Å². The van der Waals surface area contributed by atoms with Crippen LogP contribution in [-0.4, -0.2) is 24.0 Å². The van der Waals surface area contributed by atoms with Gasteiger partial charge >= 0.3 is 0 Å². The highest BCUT2D eigenvalue weighted by Crippen LogP contribution is 2.38. The number of nitrogens with zero attached hydrogens (tertiary/aromatic N) is 1. The SMILES string of the molecule is COCOc1cc(F)c(C(O)c2c(C)cc(OCc3ccccc3)c(C)c2C)nc1C1=CCCCC1. The Kier molecular flexibility index (Phi) is 8.39. The van der Waals surface area contributed by atoms with Crippen LogP contribution in [0.2, 0.25) is 0 Å². The predicted octanol–water partition coefficient (Wildman–Crippen LogP) is 6.75. The number of methoxy groups -OCH3 is 1. The van der Waals surface area contributed by atoms with Crippen molar-refractivity contribution < 1.29 is 23.7 Å². The zero-order chi connectivity index (χ0) is 25.7. The summed E-state index contributed by atoms with van der Waals surface area (Å²) in [7, 11) is 1.52. The Labute approximate surface area is 212 Å². The molecule has 0 radical (unpaired) electrons. The summed E-state index contributed by atoms with van der Waals surface area (Å²) in [5, 5.41) is 11.4. The van der Waals surface area contributed by atoms with Crippen LogP contribution in [0.25, 0.3) is 5.57 Å². The Morgan fingerprint density at radius 2 is 1.78 bits per heavy atom. The molecular weight excluding hydrogens is 457 g/mol. The fraction of sp³-hybridized carbons (Fsp3) is 0.367. The van der Waals surface area contributed by atoms with Crippen molar-refractivity contribution in [3.05, 3.63) is 93.6 Å². The predicted molar refractivity (Wildman–Crippen MR) is 139 cm³/mol. The van der Waals surface area contributed by atoms with Gasteiger partial charge in [-0.1, -0.05) is 36.4 Å². The van der Waals surface area contributed by atoms with Gasteiger partial charge in [-0.2, -0.15) is 0 Å². The number of aliphatic hydroxyl groups excluding tert-OH is 1. The number of halogens is 1. The molecule has 1 aliphatic carbocycles. The molecule has 0 amide bonds. The quantitative estimate of drug-likeness (QED) is 0.336. The van der Waals surface area contributed by atoms with Crippen molar-refractivity contribution in [2.24, 2.45) is 0 Å². The van der Waals surface area contributed by atoms with Crippen LogP contribution in [0, 0.1) is 26.6 Å². The Morgan fingerprint density at radius 1 is 1.00 bits per heavy atom. The molecule has 0 fully saturated rings. The van der Waals surface area contributed by atoms with Crippen molar-refractivity contribution in [1.82, 2.24) is 4.98 Å². The van der Waals surface area contributed by atoms with Crippen LogP contribution in [0.3, 0.4) is 0 Å². The first kappa shape index (κ1) is 25.9. The summed E-state index contributed by atoms with van der Waals surface area (Å²) in [5.41, 5.74) is 5.85. The van der Waals surface area contributed by atoms with Gasteiger partial charge in [-0.05, 0) is 85.9 Å². The van der Waals surface area contributed by atoms with E-state index in [1.807, 2.05) is 57.2 Å². The topological polar surface area (TPSA) is 60.8 Å². The molecule has 6 heteroatoms. The highest BCUT2D eigenvalue weighted by Gasteiger charge is 2.26. The lowest BCUT2D eigenvalue weighted by Crippen LogP contribution is -2.14. The average Bonchev–Trinajstić information content (AvgIpc) is 2.89. The molecule has 1 N–H and O–H groups in total. The largest absolute Gasteiger partial charge is 0.489 e.